The second-order valence-electron chi connectivity index (χ2n) is 14.8. The first kappa shape index (κ1) is 30.0. The Labute approximate surface area is 317 Å². The predicted molar refractivity (Wildman–Crippen MR) is 233 cm³/mol. The lowest BCUT2D eigenvalue weighted by Crippen LogP contribution is -1.93. The van der Waals surface area contributed by atoms with Crippen LogP contribution in [0.5, 0.6) is 0 Å². The fraction of sp³-hybridized carbons (Fsp3) is 0. The minimum absolute atomic E-state index is 0.657. The van der Waals surface area contributed by atoms with E-state index in [2.05, 4.69) is 179 Å². The van der Waals surface area contributed by atoms with Gasteiger partial charge in [-0.3, -0.25) is 0 Å². The summed E-state index contributed by atoms with van der Waals surface area (Å²) in [5.41, 5.74) is 11.3. The zero-order valence-corrected chi connectivity index (χ0v) is 29.7. The Balaban J connectivity index is 0.961. The van der Waals surface area contributed by atoms with Crippen molar-refractivity contribution in [2.45, 2.75) is 0 Å². The molecule has 0 N–H and O–H groups in total. The molecule has 0 bridgehead atoms. The van der Waals surface area contributed by atoms with Gasteiger partial charge in [0.1, 0.15) is 0 Å². The zero-order chi connectivity index (χ0) is 36.2. The van der Waals surface area contributed by atoms with E-state index in [1.807, 2.05) is 12.1 Å². The summed E-state index contributed by atoms with van der Waals surface area (Å²) in [4.78, 5) is 3.82. The first-order valence-corrected chi connectivity index (χ1v) is 18.8. The van der Waals surface area contributed by atoms with E-state index < -0.39 is 0 Å². The van der Waals surface area contributed by atoms with Gasteiger partial charge in [-0.25, -0.2) is 4.85 Å². The molecular weight excluding hydrogens is 665 g/mol. The quantitative estimate of drug-likeness (QED) is 0.128. The molecule has 0 atom stereocenters. The first-order chi connectivity index (χ1) is 27.2. The van der Waals surface area contributed by atoms with E-state index in [9.17, 15) is 0 Å². The molecular formula is C53H30N2. The average Bonchev–Trinajstić information content (AvgIpc) is 3.59. The second-order valence-corrected chi connectivity index (χ2v) is 14.8. The number of rotatable bonds is 4. The Morgan fingerprint density at radius 2 is 0.836 bits per heavy atom. The molecule has 12 aromatic rings. The van der Waals surface area contributed by atoms with Gasteiger partial charge in [0.15, 0.2) is 5.69 Å². The van der Waals surface area contributed by atoms with Crippen LogP contribution >= 0.6 is 0 Å². The molecule has 0 radical (unpaired) electrons. The Hall–Kier alpha value is -7.47. The lowest BCUT2D eigenvalue weighted by Gasteiger charge is -2.15. The average molecular weight is 695 g/mol. The van der Waals surface area contributed by atoms with E-state index in [1.54, 1.807) is 0 Å². The van der Waals surface area contributed by atoms with Crippen LogP contribution in [0, 0.1) is 6.57 Å². The number of hydrogen-bond donors (Lipinski definition) is 0. The number of para-hydroxylation sites is 1. The van der Waals surface area contributed by atoms with Crippen LogP contribution in [0.1, 0.15) is 0 Å². The summed E-state index contributed by atoms with van der Waals surface area (Å²) >= 11 is 0. The molecule has 55 heavy (non-hydrogen) atoms. The summed E-state index contributed by atoms with van der Waals surface area (Å²) in [7, 11) is 0. The third kappa shape index (κ3) is 4.42. The largest absolute Gasteiger partial charge is 0.310 e. The normalized spacial score (nSPS) is 12.0. The number of fused-ring (bicyclic) bond motifs is 1. The van der Waals surface area contributed by atoms with Crippen molar-refractivity contribution >= 4 is 81.4 Å². The molecule has 0 saturated carbocycles. The molecule has 0 aliphatic rings. The highest BCUT2D eigenvalue weighted by molar-refractivity contribution is 6.26. The van der Waals surface area contributed by atoms with Gasteiger partial charge in [0.25, 0.3) is 0 Å². The van der Waals surface area contributed by atoms with Crippen molar-refractivity contribution in [2.24, 2.45) is 0 Å². The minimum atomic E-state index is 0.657. The summed E-state index contributed by atoms with van der Waals surface area (Å²) in [6.45, 7) is 7.78. The van der Waals surface area contributed by atoms with Crippen LogP contribution in [0.3, 0.4) is 0 Å². The Bertz CT molecular complexity index is 3460. The van der Waals surface area contributed by atoms with Gasteiger partial charge in [0, 0.05) is 22.0 Å². The summed E-state index contributed by atoms with van der Waals surface area (Å²) in [6.07, 6.45) is 0. The SMILES string of the molecule is [C-]#[N+]c1cc2ccc3cc(-c4ccc(-c5cc6ccc7cc(-c8cccc9ccccc89)cc8ccc(c5)c6c78)cc4)cc4c3c2c(c1)n4-c1ccccc1. The van der Waals surface area contributed by atoms with E-state index >= 15 is 0 Å². The fourth-order valence-corrected chi connectivity index (χ4v) is 9.33. The molecule has 1 aromatic heterocycles. The van der Waals surface area contributed by atoms with Gasteiger partial charge in [0.05, 0.1) is 12.1 Å². The van der Waals surface area contributed by atoms with Gasteiger partial charge in [-0.05, 0) is 148 Å². The second kappa shape index (κ2) is 11.3. The Morgan fingerprint density at radius 1 is 0.345 bits per heavy atom. The predicted octanol–water partition coefficient (Wildman–Crippen LogP) is 15.0. The number of nitrogens with zero attached hydrogens (tertiary/aromatic N) is 2. The summed E-state index contributed by atoms with van der Waals surface area (Å²) < 4.78 is 2.32. The van der Waals surface area contributed by atoms with Gasteiger partial charge in [-0.1, -0.05) is 121 Å². The number of benzene rings is 11. The standard InChI is InChI=1S/C53H30N2/c1-54-44-29-40-23-22-39-26-42(30-48-52(39)53(40)49(31-44)55(48)45-10-3-2-4-11-45)33-16-14-32(15-17-33)41-24-35-18-20-37-27-43(28-38-21-19-36(25-41)50(35)51(37)38)47-13-7-9-34-8-5-6-12-46(34)47/h2-31H. The summed E-state index contributed by atoms with van der Waals surface area (Å²) in [5.74, 6) is 0. The summed E-state index contributed by atoms with van der Waals surface area (Å²) in [5, 5.41) is 15.0. The van der Waals surface area contributed by atoms with Crippen LogP contribution in [-0.4, -0.2) is 4.57 Å². The number of hydrogen-bond acceptors (Lipinski definition) is 0. The molecule has 0 fully saturated rings. The summed E-state index contributed by atoms with van der Waals surface area (Å²) in [6, 6.07) is 66.4. The first-order valence-electron chi connectivity index (χ1n) is 18.8. The van der Waals surface area contributed by atoms with Gasteiger partial charge < -0.3 is 4.57 Å². The molecule has 0 saturated heterocycles. The van der Waals surface area contributed by atoms with Crippen molar-refractivity contribution in [2.75, 3.05) is 0 Å². The molecule has 252 valence electrons. The van der Waals surface area contributed by atoms with Gasteiger partial charge in [0.2, 0.25) is 0 Å². The van der Waals surface area contributed by atoms with Gasteiger partial charge in [-0.2, -0.15) is 0 Å². The molecule has 0 amide bonds. The molecule has 11 aromatic carbocycles. The monoisotopic (exact) mass is 694 g/mol. The molecule has 2 heteroatoms. The topological polar surface area (TPSA) is 9.29 Å². The smallest absolute Gasteiger partial charge is 0.189 e. The Kier molecular flexibility index (Phi) is 6.15. The number of aromatic nitrogens is 1. The fourth-order valence-electron chi connectivity index (χ4n) is 9.33. The van der Waals surface area contributed by atoms with Crippen molar-refractivity contribution in [3.05, 3.63) is 193 Å². The maximum atomic E-state index is 7.78. The molecule has 0 aliphatic heterocycles. The lowest BCUT2D eigenvalue weighted by atomic mass is 9.88. The van der Waals surface area contributed by atoms with Gasteiger partial charge >= 0.3 is 0 Å². The zero-order valence-electron chi connectivity index (χ0n) is 29.7. The van der Waals surface area contributed by atoms with Crippen LogP contribution < -0.4 is 0 Å². The molecule has 1 heterocycles. The third-order valence-electron chi connectivity index (χ3n) is 11.8. The third-order valence-corrected chi connectivity index (χ3v) is 11.8. The van der Waals surface area contributed by atoms with Crippen LogP contribution in [-0.2, 0) is 0 Å². The molecule has 12 rings (SSSR count). The van der Waals surface area contributed by atoms with Crippen LogP contribution in [0.25, 0.3) is 120 Å². The minimum Gasteiger partial charge on any atom is -0.310 e. The lowest BCUT2D eigenvalue weighted by molar-refractivity contribution is 1.18. The van der Waals surface area contributed by atoms with E-state index in [-0.39, 0.29) is 0 Å². The molecule has 2 nitrogen and oxygen atoms in total. The van der Waals surface area contributed by atoms with Crippen molar-refractivity contribution in [1.82, 2.24) is 4.57 Å². The van der Waals surface area contributed by atoms with Crippen LogP contribution in [0.4, 0.5) is 5.69 Å². The highest BCUT2D eigenvalue weighted by atomic mass is 15.0. The van der Waals surface area contributed by atoms with E-state index in [0.29, 0.717) is 5.69 Å². The van der Waals surface area contributed by atoms with Crippen LogP contribution in [0.15, 0.2) is 182 Å². The molecule has 0 spiro atoms. The van der Waals surface area contributed by atoms with E-state index in [1.165, 1.54) is 92.6 Å². The Morgan fingerprint density at radius 3 is 1.45 bits per heavy atom. The molecule has 0 unspecified atom stereocenters. The molecule has 0 aliphatic carbocycles. The van der Waals surface area contributed by atoms with E-state index in [4.69, 9.17) is 6.57 Å². The van der Waals surface area contributed by atoms with Crippen LogP contribution in [0.2, 0.25) is 0 Å². The van der Waals surface area contributed by atoms with Crippen molar-refractivity contribution < 1.29 is 0 Å². The van der Waals surface area contributed by atoms with E-state index in [0.717, 1.165) is 22.1 Å². The van der Waals surface area contributed by atoms with Gasteiger partial charge in [-0.15, -0.1) is 0 Å². The maximum absolute atomic E-state index is 7.78. The highest BCUT2D eigenvalue weighted by Crippen LogP contribution is 2.44. The van der Waals surface area contributed by atoms with Crippen molar-refractivity contribution in [1.29, 1.82) is 0 Å². The van der Waals surface area contributed by atoms with Crippen molar-refractivity contribution in [3.8, 4) is 39.1 Å². The van der Waals surface area contributed by atoms with Crippen molar-refractivity contribution in [3.63, 3.8) is 0 Å². The highest BCUT2D eigenvalue weighted by Gasteiger charge is 2.19. The maximum Gasteiger partial charge on any atom is 0.189 e.